The van der Waals surface area contributed by atoms with Gasteiger partial charge >= 0.3 is 0 Å². The van der Waals surface area contributed by atoms with E-state index in [2.05, 4.69) is 0 Å². The third-order valence-corrected chi connectivity index (χ3v) is 10.7. The summed E-state index contributed by atoms with van der Waals surface area (Å²) < 4.78 is 78.0. The van der Waals surface area contributed by atoms with E-state index in [1.54, 1.807) is 13.8 Å². The molecule has 166 valence electrons. The van der Waals surface area contributed by atoms with Crippen LogP contribution < -0.4 is 0 Å². The summed E-state index contributed by atoms with van der Waals surface area (Å²) in [6, 6.07) is 4.54. The highest BCUT2D eigenvalue weighted by Crippen LogP contribution is 2.27. The lowest BCUT2D eigenvalue weighted by molar-refractivity contribution is 0.308. The summed E-state index contributed by atoms with van der Waals surface area (Å²) in [7, 11) is -10.9. The topological polar surface area (TPSA) is 109 Å². The summed E-state index contributed by atoms with van der Waals surface area (Å²) in [6.45, 7) is 8.03. The number of nitrogens with zero attached hydrogens (tertiary/aromatic N) is 2. The molecule has 1 aromatic carbocycles. The number of hydrogen-bond donors (Lipinski definition) is 0. The van der Waals surface area contributed by atoms with E-state index in [1.165, 1.54) is 32.9 Å². The maximum absolute atomic E-state index is 13.2. The van der Waals surface area contributed by atoms with Crippen molar-refractivity contribution in [3.8, 4) is 0 Å². The van der Waals surface area contributed by atoms with Crippen molar-refractivity contribution in [3.63, 3.8) is 0 Å². The molecule has 11 heteroatoms. The second kappa shape index (κ2) is 9.01. The van der Waals surface area contributed by atoms with Crippen LogP contribution in [-0.4, -0.2) is 71.0 Å². The Bertz CT molecular complexity index is 1010. The summed E-state index contributed by atoms with van der Waals surface area (Å²) in [5.41, 5.74) is 0. The fourth-order valence-electron chi connectivity index (χ4n) is 3.44. The number of hydrogen-bond acceptors (Lipinski definition) is 6. The molecule has 1 saturated heterocycles. The molecule has 0 saturated carbocycles. The van der Waals surface area contributed by atoms with Gasteiger partial charge in [0.15, 0.2) is 9.84 Å². The Kier molecular flexibility index (Phi) is 7.54. The Morgan fingerprint density at radius 3 is 1.83 bits per heavy atom. The zero-order valence-corrected chi connectivity index (χ0v) is 19.7. The average Bonchev–Trinajstić information content (AvgIpc) is 2.99. The smallest absolute Gasteiger partial charge is 0.229 e. The van der Waals surface area contributed by atoms with E-state index in [0.717, 1.165) is 0 Å². The van der Waals surface area contributed by atoms with Gasteiger partial charge in [0, 0.05) is 25.7 Å². The van der Waals surface area contributed by atoms with Gasteiger partial charge in [-0.1, -0.05) is 27.7 Å². The Labute approximate surface area is 174 Å². The van der Waals surface area contributed by atoms with Crippen LogP contribution in [0.5, 0.6) is 0 Å². The normalized spacial score (nSPS) is 20.0. The van der Waals surface area contributed by atoms with Gasteiger partial charge in [-0.2, -0.15) is 8.61 Å². The van der Waals surface area contributed by atoms with Gasteiger partial charge in [0.2, 0.25) is 20.0 Å². The first-order valence-electron chi connectivity index (χ1n) is 9.67. The molecular formula is C18H30N2O6S3. The third kappa shape index (κ3) is 5.38. The molecule has 1 heterocycles. The van der Waals surface area contributed by atoms with Gasteiger partial charge in [-0.15, -0.1) is 0 Å². The van der Waals surface area contributed by atoms with Crippen molar-refractivity contribution >= 4 is 29.9 Å². The van der Waals surface area contributed by atoms with Gasteiger partial charge in [0.05, 0.1) is 21.3 Å². The molecule has 1 fully saturated rings. The molecule has 0 amide bonds. The highest BCUT2D eigenvalue weighted by atomic mass is 32.2. The molecule has 1 unspecified atom stereocenters. The zero-order chi connectivity index (χ0) is 22.0. The first kappa shape index (κ1) is 24.3. The van der Waals surface area contributed by atoms with Crippen LogP contribution in [-0.2, 0) is 29.9 Å². The molecule has 29 heavy (non-hydrogen) atoms. The summed E-state index contributed by atoms with van der Waals surface area (Å²) in [4.78, 5) is -0.0139. The summed E-state index contributed by atoms with van der Waals surface area (Å²) in [6.07, 6.45) is 0.267. The third-order valence-electron chi connectivity index (χ3n) is 4.93. The first-order chi connectivity index (χ1) is 13.3. The second-order valence-corrected chi connectivity index (χ2v) is 13.6. The maximum atomic E-state index is 13.2. The van der Waals surface area contributed by atoms with Crippen LogP contribution in [0.4, 0.5) is 0 Å². The summed E-state index contributed by atoms with van der Waals surface area (Å²) in [5.74, 6) is -0.202. The lowest BCUT2D eigenvalue weighted by atomic mass is 10.2. The molecule has 8 nitrogen and oxygen atoms in total. The standard InChI is InChI=1S/C18H30N2O6S3/c1-5-19(6-2)28(23,24)17-7-9-18(10-8-17)29(25,26)20(13-15(3)4)16-11-12-27(21,22)14-16/h7-10,15-16H,5-6,11-14H2,1-4H3. The minimum absolute atomic E-state index is 0.00963. The average molecular weight is 467 g/mol. The van der Waals surface area contributed by atoms with E-state index in [9.17, 15) is 25.3 Å². The molecule has 1 aliphatic rings. The van der Waals surface area contributed by atoms with Crippen molar-refractivity contribution < 1.29 is 25.3 Å². The van der Waals surface area contributed by atoms with Crippen LogP contribution in [0.1, 0.15) is 34.1 Å². The fourth-order valence-corrected chi connectivity index (χ4v) is 8.54. The molecule has 0 N–H and O–H groups in total. The Morgan fingerprint density at radius 1 is 0.966 bits per heavy atom. The number of sulfonamides is 2. The van der Waals surface area contributed by atoms with Crippen LogP contribution in [0.15, 0.2) is 34.1 Å². The molecular weight excluding hydrogens is 436 g/mol. The largest absolute Gasteiger partial charge is 0.243 e. The number of benzene rings is 1. The van der Waals surface area contributed by atoms with Crippen LogP contribution in [0.25, 0.3) is 0 Å². The van der Waals surface area contributed by atoms with E-state index < -0.39 is 35.9 Å². The number of sulfone groups is 1. The zero-order valence-electron chi connectivity index (χ0n) is 17.3. The summed E-state index contributed by atoms with van der Waals surface area (Å²) in [5, 5.41) is 0. The Balaban J connectivity index is 2.40. The lowest BCUT2D eigenvalue weighted by Crippen LogP contribution is -2.43. The van der Waals surface area contributed by atoms with Gasteiger partial charge in [0.1, 0.15) is 0 Å². The quantitative estimate of drug-likeness (QED) is 0.546. The van der Waals surface area contributed by atoms with Gasteiger partial charge < -0.3 is 0 Å². The van der Waals surface area contributed by atoms with Crippen LogP contribution in [0, 0.1) is 5.92 Å². The lowest BCUT2D eigenvalue weighted by Gasteiger charge is -2.29. The van der Waals surface area contributed by atoms with E-state index in [0.29, 0.717) is 13.1 Å². The second-order valence-electron chi connectivity index (χ2n) is 7.59. The SMILES string of the molecule is CCN(CC)S(=O)(=O)c1ccc(S(=O)(=O)N(CC(C)C)C2CCS(=O)(=O)C2)cc1. The minimum Gasteiger partial charge on any atom is -0.229 e. The van der Waals surface area contributed by atoms with E-state index in [4.69, 9.17) is 0 Å². The Hall–Kier alpha value is -1.01. The van der Waals surface area contributed by atoms with Crippen molar-refractivity contribution in [1.82, 2.24) is 8.61 Å². The van der Waals surface area contributed by atoms with E-state index in [1.807, 2.05) is 13.8 Å². The van der Waals surface area contributed by atoms with Gasteiger partial charge in [-0.3, -0.25) is 0 Å². The molecule has 0 bridgehead atoms. The van der Waals surface area contributed by atoms with Crippen LogP contribution >= 0.6 is 0 Å². The molecule has 0 radical (unpaired) electrons. The first-order valence-corrected chi connectivity index (χ1v) is 14.4. The highest BCUT2D eigenvalue weighted by molar-refractivity contribution is 7.92. The van der Waals surface area contributed by atoms with Crippen LogP contribution in [0.3, 0.4) is 0 Å². The molecule has 1 aliphatic heterocycles. The van der Waals surface area contributed by atoms with Crippen molar-refractivity contribution in [3.05, 3.63) is 24.3 Å². The fraction of sp³-hybridized carbons (Fsp3) is 0.667. The van der Waals surface area contributed by atoms with Gasteiger partial charge in [0.25, 0.3) is 0 Å². The highest BCUT2D eigenvalue weighted by Gasteiger charge is 2.39. The van der Waals surface area contributed by atoms with Crippen molar-refractivity contribution in [2.24, 2.45) is 5.92 Å². The monoisotopic (exact) mass is 466 g/mol. The molecule has 0 aromatic heterocycles. The molecule has 2 rings (SSSR count). The van der Waals surface area contributed by atoms with Crippen molar-refractivity contribution in [1.29, 1.82) is 0 Å². The van der Waals surface area contributed by atoms with E-state index in [-0.39, 0.29) is 40.2 Å². The molecule has 1 aromatic rings. The van der Waals surface area contributed by atoms with Gasteiger partial charge in [-0.05, 0) is 36.6 Å². The van der Waals surface area contributed by atoms with Gasteiger partial charge in [-0.25, -0.2) is 25.3 Å². The molecule has 1 atom stereocenters. The van der Waals surface area contributed by atoms with Crippen molar-refractivity contribution in [2.75, 3.05) is 31.1 Å². The van der Waals surface area contributed by atoms with Crippen molar-refractivity contribution in [2.45, 2.75) is 49.9 Å². The Morgan fingerprint density at radius 2 is 1.45 bits per heavy atom. The maximum Gasteiger partial charge on any atom is 0.243 e. The predicted molar refractivity (Wildman–Crippen MR) is 112 cm³/mol. The molecule has 0 spiro atoms. The van der Waals surface area contributed by atoms with Crippen LogP contribution in [0.2, 0.25) is 0 Å². The number of rotatable bonds is 9. The summed E-state index contributed by atoms with van der Waals surface area (Å²) >= 11 is 0. The minimum atomic E-state index is -3.96. The van der Waals surface area contributed by atoms with E-state index >= 15 is 0 Å². The molecule has 0 aliphatic carbocycles. The predicted octanol–water partition coefficient (Wildman–Crippen LogP) is 1.55.